The largest absolute Gasteiger partial charge is 0.393 e. The van der Waals surface area contributed by atoms with Crippen molar-refractivity contribution in [2.24, 2.45) is 5.92 Å². The summed E-state index contributed by atoms with van der Waals surface area (Å²) < 4.78 is 1.54. The summed E-state index contributed by atoms with van der Waals surface area (Å²) in [6.45, 7) is 2.60. The number of fused-ring (bicyclic) bond motifs is 1. The van der Waals surface area contributed by atoms with Crippen molar-refractivity contribution in [1.29, 1.82) is 0 Å². The van der Waals surface area contributed by atoms with E-state index in [2.05, 4.69) is 20.5 Å². The predicted molar refractivity (Wildman–Crippen MR) is 72.0 cm³/mol. The van der Waals surface area contributed by atoms with Gasteiger partial charge in [0, 0.05) is 12.5 Å². The molecular formula is C13H19N5O. The van der Waals surface area contributed by atoms with Gasteiger partial charge in [-0.1, -0.05) is 12.8 Å². The Hall–Kier alpha value is -1.69. The van der Waals surface area contributed by atoms with Gasteiger partial charge in [0.2, 0.25) is 0 Å². The zero-order valence-electron chi connectivity index (χ0n) is 11.1. The lowest BCUT2D eigenvalue weighted by molar-refractivity contribution is 0.0763. The Morgan fingerprint density at radius 3 is 3.00 bits per heavy atom. The minimum atomic E-state index is -0.182. The number of hydrogen-bond donors (Lipinski definition) is 2. The molecule has 6 heteroatoms. The van der Waals surface area contributed by atoms with Gasteiger partial charge in [-0.2, -0.15) is 0 Å². The van der Waals surface area contributed by atoms with Crippen LogP contribution in [0.25, 0.3) is 5.65 Å². The number of aliphatic hydroxyl groups is 1. The molecule has 3 rings (SSSR count). The molecule has 102 valence electrons. The quantitative estimate of drug-likeness (QED) is 0.873. The highest BCUT2D eigenvalue weighted by Gasteiger charge is 2.22. The first-order chi connectivity index (χ1) is 9.22. The Morgan fingerprint density at radius 2 is 2.16 bits per heavy atom. The van der Waals surface area contributed by atoms with Crippen molar-refractivity contribution in [3.05, 3.63) is 18.0 Å². The van der Waals surface area contributed by atoms with Crippen LogP contribution < -0.4 is 5.32 Å². The molecule has 2 N–H and O–H groups in total. The molecule has 2 atom stereocenters. The van der Waals surface area contributed by atoms with Gasteiger partial charge in [0.1, 0.15) is 11.6 Å². The van der Waals surface area contributed by atoms with E-state index in [0.717, 1.165) is 37.3 Å². The van der Waals surface area contributed by atoms with Crippen LogP contribution >= 0.6 is 0 Å². The summed E-state index contributed by atoms with van der Waals surface area (Å²) in [7, 11) is 0. The number of anilines is 1. The number of hydrogen-bond acceptors (Lipinski definition) is 5. The molecule has 0 aromatic carbocycles. The number of nitrogens with zero attached hydrogens (tertiary/aromatic N) is 4. The summed E-state index contributed by atoms with van der Waals surface area (Å²) in [4.78, 5) is 4.24. The highest BCUT2D eigenvalue weighted by atomic mass is 16.3. The summed E-state index contributed by atoms with van der Waals surface area (Å²) in [5.41, 5.74) is 0.751. The minimum Gasteiger partial charge on any atom is -0.393 e. The molecule has 6 nitrogen and oxygen atoms in total. The van der Waals surface area contributed by atoms with E-state index in [4.69, 9.17) is 0 Å². The Balaban J connectivity index is 1.67. The van der Waals surface area contributed by atoms with E-state index in [0.29, 0.717) is 11.7 Å². The average molecular weight is 261 g/mol. The SMILES string of the molecule is Cc1nc2ccc(NC[C@H]3CCCC[C@@H]3O)nn2n1. The fourth-order valence-corrected chi connectivity index (χ4v) is 2.64. The normalized spacial score (nSPS) is 23.7. The summed E-state index contributed by atoms with van der Waals surface area (Å²) in [5.74, 6) is 1.81. The van der Waals surface area contributed by atoms with E-state index in [9.17, 15) is 5.11 Å². The highest BCUT2D eigenvalue weighted by Crippen LogP contribution is 2.24. The molecule has 0 unspecified atom stereocenters. The molecule has 1 aliphatic carbocycles. The zero-order chi connectivity index (χ0) is 13.2. The smallest absolute Gasteiger partial charge is 0.176 e. The van der Waals surface area contributed by atoms with E-state index in [1.807, 2.05) is 19.1 Å². The third-order valence-electron chi connectivity index (χ3n) is 3.73. The van der Waals surface area contributed by atoms with Gasteiger partial charge in [0.25, 0.3) is 0 Å². The topological polar surface area (TPSA) is 75.3 Å². The summed E-state index contributed by atoms with van der Waals surface area (Å²) in [5, 5.41) is 21.8. The van der Waals surface area contributed by atoms with Gasteiger partial charge in [-0.05, 0) is 31.9 Å². The van der Waals surface area contributed by atoms with Crippen molar-refractivity contribution < 1.29 is 5.11 Å². The van der Waals surface area contributed by atoms with Gasteiger partial charge in [0.15, 0.2) is 5.65 Å². The maximum absolute atomic E-state index is 9.93. The van der Waals surface area contributed by atoms with Crippen LogP contribution in [0.5, 0.6) is 0 Å². The van der Waals surface area contributed by atoms with Crippen molar-refractivity contribution in [2.45, 2.75) is 38.7 Å². The average Bonchev–Trinajstić information content (AvgIpc) is 2.77. The van der Waals surface area contributed by atoms with Crippen LogP contribution in [0.3, 0.4) is 0 Å². The molecule has 0 spiro atoms. The van der Waals surface area contributed by atoms with Crippen molar-refractivity contribution >= 4 is 11.5 Å². The maximum atomic E-state index is 9.93. The Labute approximate surface area is 111 Å². The van der Waals surface area contributed by atoms with E-state index in [1.165, 1.54) is 11.1 Å². The van der Waals surface area contributed by atoms with Gasteiger partial charge in [-0.25, -0.2) is 4.98 Å². The molecule has 0 radical (unpaired) electrons. The minimum absolute atomic E-state index is 0.182. The molecule has 0 bridgehead atoms. The van der Waals surface area contributed by atoms with E-state index >= 15 is 0 Å². The Bertz CT molecular complexity index is 567. The van der Waals surface area contributed by atoms with E-state index < -0.39 is 0 Å². The van der Waals surface area contributed by atoms with Crippen LogP contribution in [-0.4, -0.2) is 37.6 Å². The molecule has 1 aliphatic rings. The third kappa shape index (κ3) is 2.68. The number of aromatic nitrogens is 4. The molecule has 2 aromatic heterocycles. The third-order valence-corrected chi connectivity index (χ3v) is 3.73. The number of aliphatic hydroxyl groups excluding tert-OH is 1. The predicted octanol–water partition coefficient (Wildman–Crippen LogP) is 1.40. The first-order valence-corrected chi connectivity index (χ1v) is 6.85. The van der Waals surface area contributed by atoms with Crippen molar-refractivity contribution in [2.75, 3.05) is 11.9 Å². The molecular weight excluding hydrogens is 242 g/mol. The molecule has 0 aliphatic heterocycles. The molecule has 0 saturated heterocycles. The zero-order valence-corrected chi connectivity index (χ0v) is 11.1. The first kappa shape index (κ1) is 12.3. The van der Waals surface area contributed by atoms with Crippen molar-refractivity contribution in [1.82, 2.24) is 19.8 Å². The van der Waals surface area contributed by atoms with Gasteiger partial charge < -0.3 is 10.4 Å². The van der Waals surface area contributed by atoms with Crippen LogP contribution in [-0.2, 0) is 0 Å². The fourth-order valence-electron chi connectivity index (χ4n) is 2.64. The molecule has 19 heavy (non-hydrogen) atoms. The molecule has 2 aromatic rings. The second kappa shape index (κ2) is 5.13. The van der Waals surface area contributed by atoms with Crippen LogP contribution in [0.4, 0.5) is 5.82 Å². The highest BCUT2D eigenvalue weighted by molar-refractivity contribution is 5.43. The number of nitrogens with one attached hydrogen (secondary N) is 1. The van der Waals surface area contributed by atoms with E-state index in [1.54, 1.807) is 0 Å². The lowest BCUT2D eigenvalue weighted by atomic mass is 9.86. The van der Waals surface area contributed by atoms with Gasteiger partial charge >= 0.3 is 0 Å². The van der Waals surface area contributed by atoms with Crippen LogP contribution in [0, 0.1) is 12.8 Å². The van der Waals surface area contributed by atoms with Crippen molar-refractivity contribution in [3.63, 3.8) is 0 Å². The summed E-state index contributed by atoms with van der Waals surface area (Å²) in [6, 6.07) is 3.80. The standard InChI is InChI=1S/C13H19N5O/c1-9-15-13-7-6-12(17-18(13)16-9)14-8-10-4-2-3-5-11(10)19/h6-7,10-11,19H,2-5,8H2,1H3,(H,14,17)/t10-,11+/m1/s1. The summed E-state index contributed by atoms with van der Waals surface area (Å²) in [6.07, 6.45) is 4.16. The lowest BCUT2D eigenvalue weighted by Crippen LogP contribution is -2.30. The van der Waals surface area contributed by atoms with Crippen LogP contribution in [0.1, 0.15) is 31.5 Å². The van der Waals surface area contributed by atoms with Gasteiger partial charge in [-0.15, -0.1) is 14.8 Å². The second-order valence-corrected chi connectivity index (χ2v) is 5.22. The van der Waals surface area contributed by atoms with Crippen LogP contribution in [0.15, 0.2) is 12.1 Å². The van der Waals surface area contributed by atoms with E-state index in [-0.39, 0.29) is 6.10 Å². The second-order valence-electron chi connectivity index (χ2n) is 5.22. The fraction of sp³-hybridized carbons (Fsp3) is 0.615. The number of rotatable bonds is 3. The molecule has 1 saturated carbocycles. The van der Waals surface area contributed by atoms with Gasteiger partial charge in [-0.3, -0.25) is 0 Å². The molecule has 1 fully saturated rings. The summed E-state index contributed by atoms with van der Waals surface area (Å²) >= 11 is 0. The van der Waals surface area contributed by atoms with Crippen LogP contribution in [0.2, 0.25) is 0 Å². The maximum Gasteiger partial charge on any atom is 0.176 e. The Morgan fingerprint density at radius 1 is 1.32 bits per heavy atom. The molecule has 0 amide bonds. The van der Waals surface area contributed by atoms with Gasteiger partial charge in [0.05, 0.1) is 6.10 Å². The number of aryl methyl sites for hydroxylation is 1. The van der Waals surface area contributed by atoms with Crippen molar-refractivity contribution in [3.8, 4) is 0 Å². The lowest BCUT2D eigenvalue weighted by Gasteiger charge is -2.27. The molecule has 2 heterocycles. The Kier molecular flexibility index (Phi) is 3.33. The monoisotopic (exact) mass is 261 g/mol. The first-order valence-electron chi connectivity index (χ1n) is 6.85.